The van der Waals surface area contributed by atoms with Crippen LogP contribution in [0.15, 0.2) is 243 Å². The number of pyridine rings is 2. The fourth-order valence-electron chi connectivity index (χ4n) is 11.2. The number of methoxy groups -OCH3 is 3. The highest BCUT2D eigenvalue weighted by atomic mass is 35.5. The second kappa shape index (κ2) is 63.9. The van der Waals surface area contributed by atoms with Gasteiger partial charge in [-0.1, -0.05) is 176 Å². The maximum atomic E-state index is 13.8. The smallest absolute Gasteiger partial charge is 0.490 e. The fourth-order valence-corrected chi connectivity index (χ4v) is 11.2. The molecule has 0 aliphatic heterocycles. The van der Waals surface area contributed by atoms with E-state index in [1.807, 2.05) is 242 Å². The molecule has 14 N–H and O–H groups in total. The standard InChI is InChI=1S/C19H22FNO2.C18H22N2O2.C17H19NO3.C17H23NO3.C14H14N2O2.C14H17NO3.C2HF3O2.5ClH/c1-19(2,3)23-18(22)17(21)12-13-8-10-14(11-9-13)15-6-4-5-7-16(15)20;1-18(2,3)22-17(21)16(19)11-13-6-8-14(9-7-13)15-5-4-10-20-12-15;1-20-15-5-3-4-14(11-15)13-8-6-12(7-9-13)10-16(18)17(19)21-2;1-5-6-11-20-14-9-7-13(8-10-14)12-15(18)16(19)21-17(2,3)4;15-13(14(17)18)8-10-3-5-11(6-4-10)12-2-1-7-16-9-12;1-3-4-9-18-12-7-5-11(6-8-12)10-13(15)14(16)17-2;3-2(4,5)1(6)7;;;;;/h4-11,17H,12,21H2,1-3H3;4-10,12,16H,11,19H2,1-3H3;3-9,11,16H,10,18H2,1-2H3;7-10,15H,11-12,18H2,1-4H3;1-7,9,13H,8,15H2,(H,17,18);5-8,13H,9-10,15H2,1-2H3;(H,6,7);5*1H/t17-;2*16-;15-;2*13-;;;;;;/m000000....../s1. The summed E-state index contributed by atoms with van der Waals surface area (Å²) in [5.74, 6) is 7.48. The highest BCUT2D eigenvalue weighted by molar-refractivity contribution is 5.86. The first-order valence-corrected chi connectivity index (χ1v) is 41.0. The van der Waals surface area contributed by atoms with Gasteiger partial charge in [0.25, 0.3) is 0 Å². The zero-order valence-electron chi connectivity index (χ0n) is 77.6. The van der Waals surface area contributed by atoms with Crippen molar-refractivity contribution in [1.29, 1.82) is 0 Å². The van der Waals surface area contributed by atoms with Crippen LogP contribution in [-0.2, 0) is 95.8 Å². The van der Waals surface area contributed by atoms with Crippen molar-refractivity contribution in [1.82, 2.24) is 9.97 Å². The van der Waals surface area contributed by atoms with Crippen molar-refractivity contribution < 1.29 is 99.2 Å². The number of carbonyl (C=O) groups excluding carboxylic acids is 5. The Morgan fingerprint density at radius 2 is 0.637 bits per heavy atom. The number of benzene rings is 8. The van der Waals surface area contributed by atoms with Gasteiger partial charge in [0.2, 0.25) is 0 Å². The predicted molar refractivity (Wildman–Crippen MR) is 530 cm³/mol. The number of aliphatic carboxylic acids is 2. The largest absolute Gasteiger partial charge is 0.497 e. The van der Waals surface area contributed by atoms with Gasteiger partial charge in [0.1, 0.15) is 89.3 Å². The molecular weight excluding hydrogens is 1850 g/mol. The number of aromatic nitrogens is 2. The predicted octanol–water partition coefficient (Wildman–Crippen LogP) is 16.9. The van der Waals surface area contributed by atoms with Crippen LogP contribution in [0.3, 0.4) is 0 Å². The average molecular weight is 1970 g/mol. The summed E-state index contributed by atoms with van der Waals surface area (Å²) in [5, 5.41) is 15.9. The van der Waals surface area contributed by atoms with Crippen molar-refractivity contribution in [2.75, 3.05) is 34.5 Å². The number of carboxylic acid groups (broad SMARTS) is 2. The lowest BCUT2D eigenvalue weighted by Gasteiger charge is -2.22. The number of esters is 5. The van der Waals surface area contributed by atoms with Crippen molar-refractivity contribution in [3.05, 3.63) is 282 Å². The number of rotatable bonds is 27. The summed E-state index contributed by atoms with van der Waals surface area (Å²) in [6, 6.07) is 64.0. The van der Waals surface area contributed by atoms with E-state index < -0.39 is 89.1 Å². The Bertz CT molecular complexity index is 5300. The molecule has 0 saturated carbocycles. The molecule has 8 aromatic carbocycles. The van der Waals surface area contributed by atoms with Crippen molar-refractivity contribution >= 4 is 104 Å². The summed E-state index contributed by atoms with van der Waals surface area (Å²) < 4.78 is 86.5. The summed E-state index contributed by atoms with van der Waals surface area (Å²) in [5.41, 5.74) is 46.5. The van der Waals surface area contributed by atoms with Crippen molar-refractivity contribution in [3.8, 4) is 85.4 Å². The SMILES string of the molecule is CC#CCOc1ccc(C[C@H](N)C(=O)OC(C)(C)C)cc1.CC#CCOc1ccc(C[C@H](N)C(=O)OC)cc1.CC(C)(C)OC(=O)[C@@H](N)Cc1ccc(-c2ccccc2F)cc1.CC(C)(C)OC(=O)[C@@H](N)Cc1ccc(-c2cccnc2)cc1.COC(=O)[C@@H](N)Cc1ccc(-c2cccc(OC)c2)cc1.Cl.Cl.Cl.Cl.Cl.N[C@@H](Cc1ccc(-c2cccnc2)cc1)C(=O)O.O=C(O)C(F)(F)F. The third-order valence-corrected chi connectivity index (χ3v) is 17.6. The molecule has 0 aliphatic rings. The van der Waals surface area contributed by atoms with E-state index in [0.717, 1.165) is 89.6 Å². The van der Waals surface area contributed by atoms with Gasteiger partial charge in [0, 0.05) is 30.4 Å². The van der Waals surface area contributed by atoms with Crippen molar-refractivity contribution in [3.63, 3.8) is 0 Å². The molecule has 2 heterocycles. The lowest BCUT2D eigenvalue weighted by Crippen LogP contribution is -2.38. The van der Waals surface area contributed by atoms with Gasteiger partial charge in [-0.25, -0.2) is 9.18 Å². The quantitative estimate of drug-likeness (QED) is 0.0103. The van der Waals surface area contributed by atoms with E-state index in [0.29, 0.717) is 57.3 Å². The number of alkyl halides is 3. The summed E-state index contributed by atoms with van der Waals surface area (Å²) in [4.78, 5) is 85.8. The van der Waals surface area contributed by atoms with Gasteiger partial charge in [-0.05, 0) is 242 Å². The second-order valence-electron chi connectivity index (χ2n) is 31.9. The minimum atomic E-state index is -5.08. The Hall–Kier alpha value is -12.2. The summed E-state index contributed by atoms with van der Waals surface area (Å²) >= 11 is 0. The minimum absolute atomic E-state index is 0. The first-order valence-electron chi connectivity index (χ1n) is 41.0. The fraction of sp³-hybridized carbons (Fsp3) is 0.317. The Kier molecular flexibility index (Phi) is 59.1. The zero-order valence-corrected chi connectivity index (χ0v) is 81.7. The van der Waals surface area contributed by atoms with E-state index in [4.69, 9.17) is 77.8 Å². The summed E-state index contributed by atoms with van der Waals surface area (Å²) in [7, 11) is 4.32. The van der Waals surface area contributed by atoms with E-state index in [2.05, 4.69) is 43.1 Å². The van der Waals surface area contributed by atoms with Gasteiger partial charge in [-0.3, -0.25) is 38.7 Å². The number of nitrogens with two attached hydrogens (primary N) is 6. The minimum Gasteiger partial charge on any atom is -0.497 e. The van der Waals surface area contributed by atoms with Crippen LogP contribution in [0.25, 0.3) is 44.5 Å². The normalized spacial score (nSPS) is 11.6. The second-order valence-corrected chi connectivity index (χ2v) is 31.9. The van der Waals surface area contributed by atoms with E-state index in [1.165, 1.54) is 20.3 Å². The maximum Gasteiger partial charge on any atom is 0.490 e. The van der Waals surface area contributed by atoms with Crippen LogP contribution in [0.5, 0.6) is 17.2 Å². The van der Waals surface area contributed by atoms with Crippen LogP contribution in [0.4, 0.5) is 17.6 Å². The number of carboxylic acids is 2. The Morgan fingerprint density at radius 3 is 0.904 bits per heavy atom. The molecule has 2 aromatic heterocycles. The number of carbonyl (C=O) groups is 7. The first kappa shape index (κ1) is 125. The van der Waals surface area contributed by atoms with E-state index in [-0.39, 0.29) is 79.8 Å². The van der Waals surface area contributed by atoms with Crippen LogP contribution in [0.2, 0.25) is 0 Å². The molecule has 6 atom stereocenters. The molecule has 0 aliphatic carbocycles. The number of hydrogen-bond acceptors (Lipinski definition) is 23. The van der Waals surface area contributed by atoms with Crippen LogP contribution < -0.4 is 48.6 Å². The molecule has 10 rings (SSSR count). The molecule has 0 amide bonds. The van der Waals surface area contributed by atoms with Gasteiger partial charge in [-0.15, -0.1) is 73.9 Å². The first-order chi connectivity index (χ1) is 61.3. The Morgan fingerprint density at radius 1 is 0.356 bits per heavy atom. The molecule has 0 spiro atoms. The Balaban J connectivity index is 0. The van der Waals surface area contributed by atoms with Gasteiger partial charge >= 0.3 is 48.0 Å². The average Bonchev–Trinajstić information content (AvgIpc) is 0.823. The molecular formula is C101H123Cl5F4N8O17. The molecule has 0 unspecified atom stereocenters. The lowest BCUT2D eigenvalue weighted by atomic mass is 10.0. The number of hydrogen-bond donors (Lipinski definition) is 8. The number of halogens is 9. The third kappa shape index (κ3) is 50.6. The monoisotopic (exact) mass is 1970 g/mol. The van der Waals surface area contributed by atoms with Gasteiger partial charge in [0.05, 0.1) is 21.3 Å². The molecule has 25 nitrogen and oxygen atoms in total. The summed E-state index contributed by atoms with van der Waals surface area (Å²) in [6.07, 6.45) is 4.52. The van der Waals surface area contributed by atoms with Crippen molar-refractivity contribution in [2.45, 2.75) is 174 Å². The van der Waals surface area contributed by atoms with Crippen molar-refractivity contribution in [2.24, 2.45) is 34.4 Å². The zero-order chi connectivity index (χ0) is 96.7. The van der Waals surface area contributed by atoms with Gasteiger partial charge in [0.15, 0.2) is 0 Å². The topological polar surface area (TPSA) is 416 Å². The van der Waals surface area contributed by atoms with Gasteiger partial charge in [-0.2, -0.15) is 13.2 Å². The lowest BCUT2D eigenvalue weighted by molar-refractivity contribution is -0.192. The molecule has 0 saturated heterocycles. The van der Waals surface area contributed by atoms with Crippen LogP contribution >= 0.6 is 62.0 Å². The number of nitrogens with zero attached hydrogens (tertiary/aromatic N) is 2. The van der Waals surface area contributed by atoms with Crippen LogP contribution in [0.1, 0.15) is 110 Å². The molecule has 0 fully saturated rings. The molecule has 135 heavy (non-hydrogen) atoms. The molecule has 0 bridgehead atoms. The summed E-state index contributed by atoms with van der Waals surface area (Å²) in [6.45, 7) is 20.7. The highest BCUT2D eigenvalue weighted by Gasteiger charge is 2.38. The van der Waals surface area contributed by atoms with E-state index in [1.54, 1.807) is 78.5 Å². The maximum absolute atomic E-state index is 13.8. The van der Waals surface area contributed by atoms with Gasteiger partial charge < -0.3 is 82.5 Å². The van der Waals surface area contributed by atoms with Crippen LogP contribution in [-0.4, -0.2) is 156 Å². The molecule has 10 aromatic rings. The van der Waals surface area contributed by atoms with Crippen LogP contribution in [0, 0.1) is 29.5 Å². The molecule has 732 valence electrons. The van der Waals surface area contributed by atoms with E-state index in [9.17, 15) is 46.3 Å². The van der Waals surface area contributed by atoms with E-state index >= 15 is 0 Å². The highest BCUT2D eigenvalue weighted by Crippen LogP contribution is 2.28. The molecule has 0 radical (unpaired) electrons. The molecule has 34 heteroatoms. The third-order valence-electron chi connectivity index (χ3n) is 17.6. The number of ether oxygens (including phenoxy) is 8. The Labute approximate surface area is 818 Å².